The van der Waals surface area contributed by atoms with E-state index in [0.29, 0.717) is 29.2 Å². The van der Waals surface area contributed by atoms with E-state index >= 15 is 0 Å². The average molecular weight is 367 g/mol. The van der Waals surface area contributed by atoms with Crippen molar-refractivity contribution in [3.63, 3.8) is 0 Å². The fourth-order valence-electron chi connectivity index (χ4n) is 2.42. The van der Waals surface area contributed by atoms with Crippen LogP contribution in [0, 0.1) is 5.82 Å². The molecule has 136 valence electrons. The molecule has 3 N–H and O–H groups in total. The van der Waals surface area contributed by atoms with Crippen LogP contribution in [0.4, 0.5) is 27.8 Å². The van der Waals surface area contributed by atoms with E-state index in [-0.39, 0.29) is 18.4 Å². The summed E-state index contributed by atoms with van der Waals surface area (Å²) in [6, 6.07) is 1.74. The molecule has 0 aromatic carbocycles. The Kier molecular flexibility index (Phi) is 4.49. The van der Waals surface area contributed by atoms with Gasteiger partial charge in [-0.2, -0.15) is 4.98 Å². The predicted molar refractivity (Wildman–Crippen MR) is 95.2 cm³/mol. The second-order valence-corrected chi connectivity index (χ2v) is 5.47. The van der Waals surface area contributed by atoms with Gasteiger partial charge in [0.2, 0.25) is 11.9 Å². The van der Waals surface area contributed by atoms with Crippen molar-refractivity contribution in [3.8, 4) is 0 Å². The first kappa shape index (κ1) is 16.7. The quantitative estimate of drug-likeness (QED) is 0.466. The van der Waals surface area contributed by atoms with Crippen molar-refractivity contribution >= 4 is 34.4 Å². The molecule has 0 aliphatic heterocycles. The van der Waals surface area contributed by atoms with Gasteiger partial charge in [0, 0.05) is 30.5 Å². The lowest BCUT2D eigenvalue weighted by Gasteiger charge is -2.10. The Balaban J connectivity index is 1.59. The molecule has 27 heavy (non-hydrogen) atoms. The molecule has 0 aliphatic rings. The van der Waals surface area contributed by atoms with Crippen molar-refractivity contribution in [2.24, 2.45) is 0 Å². The molecular formula is C16H14FN9O. The topological polar surface area (TPSA) is 127 Å². The summed E-state index contributed by atoms with van der Waals surface area (Å²) in [5.41, 5.74) is 1.07. The Morgan fingerprint density at radius 3 is 2.89 bits per heavy atom. The molecular weight excluding hydrogens is 353 g/mol. The largest absolute Gasteiger partial charge is 0.395 e. The molecule has 4 heterocycles. The second-order valence-electron chi connectivity index (χ2n) is 5.47. The van der Waals surface area contributed by atoms with Crippen molar-refractivity contribution in [3.05, 3.63) is 49.2 Å². The van der Waals surface area contributed by atoms with Crippen molar-refractivity contribution < 1.29 is 9.50 Å². The van der Waals surface area contributed by atoms with Crippen molar-refractivity contribution in [2.45, 2.75) is 6.54 Å². The van der Waals surface area contributed by atoms with Gasteiger partial charge < -0.3 is 15.0 Å². The van der Waals surface area contributed by atoms with Gasteiger partial charge in [0.25, 0.3) is 0 Å². The summed E-state index contributed by atoms with van der Waals surface area (Å²) in [6.45, 7) is 0.320. The first-order valence-corrected chi connectivity index (χ1v) is 7.97. The highest BCUT2D eigenvalue weighted by Gasteiger charge is 2.11. The number of anilines is 4. The normalized spacial score (nSPS) is 10.9. The van der Waals surface area contributed by atoms with E-state index in [1.165, 1.54) is 12.5 Å². The van der Waals surface area contributed by atoms with Crippen molar-refractivity contribution in [2.75, 3.05) is 17.2 Å². The Hall–Kier alpha value is -3.73. The minimum Gasteiger partial charge on any atom is -0.395 e. The van der Waals surface area contributed by atoms with Crippen LogP contribution in [0.15, 0.2) is 43.4 Å². The smallest absolute Gasteiger partial charge is 0.231 e. The van der Waals surface area contributed by atoms with E-state index in [2.05, 4.69) is 40.5 Å². The van der Waals surface area contributed by atoms with Gasteiger partial charge in [0.05, 0.1) is 24.7 Å². The summed E-state index contributed by atoms with van der Waals surface area (Å²) in [7, 11) is 0. The van der Waals surface area contributed by atoms with E-state index in [1.54, 1.807) is 29.2 Å². The third-order valence-electron chi connectivity index (χ3n) is 3.64. The van der Waals surface area contributed by atoms with Crippen LogP contribution in [0.3, 0.4) is 0 Å². The van der Waals surface area contributed by atoms with Crippen LogP contribution in [0.1, 0.15) is 0 Å². The third kappa shape index (κ3) is 3.62. The lowest BCUT2D eigenvalue weighted by molar-refractivity contribution is 0.277. The van der Waals surface area contributed by atoms with E-state index < -0.39 is 5.82 Å². The number of pyridine rings is 1. The second kappa shape index (κ2) is 7.25. The van der Waals surface area contributed by atoms with Crippen LogP contribution < -0.4 is 10.6 Å². The van der Waals surface area contributed by atoms with Crippen molar-refractivity contribution in [1.82, 2.24) is 34.5 Å². The van der Waals surface area contributed by atoms with Crippen LogP contribution >= 0.6 is 0 Å². The number of nitrogens with zero attached hydrogens (tertiary/aromatic N) is 7. The molecule has 0 aliphatic carbocycles. The average Bonchev–Trinajstić information content (AvgIpc) is 3.11. The first-order valence-electron chi connectivity index (χ1n) is 7.97. The van der Waals surface area contributed by atoms with Gasteiger partial charge in [-0.05, 0) is 6.07 Å². The van der Waals surface area contributed by atoms with Gasteiger partial charge in [-0.3, -0.25) is 5.32 Å². The number of rotatable bonds is 6. The number of nitrogens with one attached hydrogen (secondary N) is 2. The highest BCUT2D eigenvalue weighted by Crippen LogP contribution is 2.21. The molecule has 0 saturated heterocycles. The van der Waals surface area contributed by atoms with Crippen LogP contribution in [0.5, 0.6) is 0 Å². The summed E-state index contributed by atoms with van der Waals surface area (Å²) in [6.07, 6.45) is 8.87. The highest BCUT2D eigenvalue weighted by atomic mass is 19.1. The number of halogens is 1. The molecule has 0 radical (unpaired) electrons. The van der Waals surface area contributed by atoms with E-state index in [1.807, 2.05) is 0 Å². The van der Waals surface area contributed by atoms with Crippen LogP contribution in [0.25, 0.3) is 11.0 Å². The monoisotopic (exact) mass is 367 g/mol. The standard InChI is InChI=1S/C16H14FN9O/c17-12-8-21-15(25-16-19-1-2-26(16)3-4-27)24-14(12)23-11-5-10-6-18-9-22-13(10)20-7-11/h1-2,5-9,27H,3-4H2,(H2,19,21,23,24,25). The molecule has 4 aromatic rings. The highest BCUT2D eigenvalue weighted by molar-refractivity contribution is 5.78. The van der Waals surface area contributed by atoms with E-state index in [9.17, 15) is 4.39 Å². The van der Waals surface area contributed by atoms with Crippen molar-refractivity contribution in [1.29, 1.82) is 0 Å². The molecule has 4 rings (SSSR count). The number of hydrogen-bond donors (Lipinski definition) is 3. The molecule has 0 amide bonds. The summed E-state index contributed by atoms with van der Waals surface area (Å²) in [5.74, 6) is -0.0538. The maximum absolute atomic E-state index is 14.1. The SMILES string of the molecule is OCCn1ccnc1Nc1ncc(F)c(Nc2cnc3ncncc3c2)n1. The zero-order valence-corrected chi connectivity index (χ0v) is 13.9. The summed E-state index contributed by atoms with van der Waals surface area (Å²) >= 11 is 0. The van der Waals surface area contributed by atoms with Gasteiger partial charge in [-0.25, -0.2) is 29.3 Å². The Morgan fingerprint density at radius 1 is 1.07 bits per heavy atom. The van der Waals surface area contributed by atoms with Gasteiger partial charge in [0.15, 0.2) is 17.3 Å². The predicted octanol–water partition coefficient (Wildman–Crippen LogP) is 1.63. The first-order chi connectivity index (χ1) is 13.2. The Bertz CT molecular complexity index is 1080. The number of aliphatic hydroxyl groups excluding tert-OH is 1. The maximum Gasteiger partial charge on any atom is 0.231 e. The molecule has 0 unspecified atom stereocenters. The number of aromatic nitrogens is 7. The van der Waals surface area contributed by atoms with Crippen LogP contribution in [0.2, 0.25) is 0 Å². The summed E-state index contributed by atoms with van der Waals surface area (Å²) in [4.78, 5) is 24.4. The third-order valence-corrected chi connectivity index (χ3v) is 3.64. The van der Waals surface area contributed by atoms with E-state index in [0.717, 1.165) is 6.20 Å². The Labute approximate surface area is 152 Å². The van der Waals surface area contributed by atoms with Gasteiger partial charge in [-0.15, -0.1) is 0 Å². The molecule has 0 atom stereocenters. The molecule has 0 spiro atoms. The maximum atomic E-state index is 14.1. The lowest BCUT2D eigenvalue weighted by Crippen LogP contribution is -2.09. The zero-order valence-electron chi connectivity index (χ0n) is 13.9. The number of hydrogen-bond acceptors (Lipinski definition) is 9. The lowest BCUT2D eigenvalue weighted by atomic mass is 10.3. The molecule has 10 nitrogen and oxygen atoms in total. The number of imidazole rings is 1. The summed E-state index contributed by atoms with van der Waals surface area (Å²) in [5, 5.41) is 15.5. The van der Waals surface area contributed by atoms with Crippen LogP contribution in [-0.4, -0.2) is 46.2 Å². The zero-order chi connectivity index (χ0) is 18.6. The summed E-state index contributed by atoms with van der Waals surface area (Å²) < 4.78 is 15.8. The van der Waals surface area contributed by atoms with Gasteiger partial charge in [0.1, 0.15) is 6.33 Å². The number of fused-ring (bicyclic) bond motifs is 1. The van der Waals surface area contributed by atoms with E-state index in [4.69, 9.17) is 5.11 Å². The molecule has 11 heteroatoms. The molecule has 0 saturated carbocycles. The van der Waals surface area contributed by atoms with Crippen LogP contribution in [-0.2, 0) is 6.54 Å². The number of aliphatic hydroxyl groups is 1. The fourth-order valence-corrected chi connectivity index (χ4v) is 2.42. The minimum absolute atomic E-state index is 0.0224. The minimum atomic E-state index is -0.622. The molecule has 4 aromatic heterocycles. The van der Waals surface area contributed by atoms with Gasteiger partial charge in [-0.1, -0.05) is 0 Å². The van der Waals surface area contributed by atoms with Gasteiger partial charge >= 0.3 is 0 Å². The molecule has 0 fully saturated rings. The fraction of sp³-hybridized carbons (Fsp3) is 0.125. The Morgan fingerprint density at radius 2 is 2.00 bits per heavy atom. The molecule has 0 bridgehead atoms.